The van der Waals surface area contributed by atoms with Crippen LogP contribution in [0, 0.1) is 0 Å². The summed E-state index contributed by atoms with van der Waals surface area (Å²) in [5, 5.41) is 6.40. The summed E-state index contributed by atoms with van der Waals surface area (Å²) in [4.78, 5) is 0. The van der Waals surface area contributed by atoms with Crippen molar-refractivity contribution in [3.63, 3.8) is 0 Å². The predicted octanol–water partition coefficient (Wildman–Crippen LogP) is 1.58. The van der Waals surface area contributed by atoms with Crippen LogP contribution in [0.3, 0.4) is 0 Å². The van der Waals surface area contributed by atoms with E-state index in [0.717, 1.165) is 13.0 Å². The number of anilines is 1. The average molecular weight is 228 g/mol. The summed E-state index contributed by atoms with van der Waals surface area (Å²) >= 11 is 0. The van der Waals surface area contributed by atoms with Crippen LogP contribution < -0.4 is 10.4 Å². The van der Waals surface area contributed by atoms with Crippen molar-refractivity contribution < 1.29 is 0 Å². The highest BCUT2D eigenvalue weighted by Crippen LogP contribution is 2.31. The molecule has 1 aromatic carbocycles. The summed E-state index contributed by atoms with van der Waals surface area (Å²) < 4.78 is 1.83. The van der Waals surface area contributed by atoms with Gasteiger partial charge in [-0.2, -0.15) is 5.10 Å². The summed E-state index contributed by atoms with van der Waals surface area (Å²) in [5.74, 6) is 0. The molecule has 0 fully saturated rings. The molecule has 0 spiro atoms. The molecule has 2 heterocycles. The highest BCUT2D eigenvalue weighted by molar-refractivity contribution is 5.71. The van der Waals surface area contributed by atoms with Crippen molar-refractivity contribution in [3.05, 3.63) is 36.2 Å². The lowest BCUT2D eigenvalue weighted by atomic mass is 10.1. The van der Waals surface area contributed by atoms with Gasteiger partial charge >= 0.3 is 0 Å². The third-order valence-electron chi connectivity index (χ3n) is 3.29. The maximum Gasteiger partial charge on any atom is 0.0568 e. The van der Waals surface area contributed by atoms with Gasteiger partial charge in [0, 0.05) is 32.4 Å². The van der Waals surface area contributed by atoms with Crippen molar-refractivity contribution in [1.82, 2.24) is 15.2 Å². The van der Waals surface area contributed by atoms with Crippen molar-refractivity contribution in [3.8, 4) is 11.1 Å². The summed E-state index contributed by atoms with van der Waals surface area (Å²) in [6.45, 7) is 1.04. The monoisotopic (exact) mass is 228 g/mol. The molecule has 0 atom stereocenters. The molecule has 1 N–H and O–H groups in total. The maximum absolute atomic E-state index is 4.21. The van der Waals surface area contributed by atoms with Crippen molar-refractivity contribution in [2.75, 3.05) is 18.6 Å². The Morgan fingerprint density at radius 2 is 2.18 bits per heavy atom. The van der Waals surface area contributed by atoms with E-state index in [1.54, 1.807) is 0 Å². The second kappa shape index (κ2) is 3.89. The van der Waals surface area contributed by atoms with Crippen LogP contribution in [0.1, 0.15) is 5.56 Å². The number of nitrogens with one attached hydrogen (secondary N) is 1. The Kier molecular flexibility index (Phi) is 2.37. The predicted molar refractivity (Wildman–Crippen MR) is 68.8 cm³/mol. The molecule has 0 unspecified atom stereocenters. The zero-order valence-electron chi connectivity index (χ0n) is 10.1. The lowest BCUT2D eigenvalue weighted by Crippen LogP contribution is -2.32. The Morgan fingerprint density at radius 1 is 1.29 bits per heavy atom. The highest BCUT2D eigenvalue weighted by atomic mass is 15.5. The number of aromatic nitrogens is 2. The van der Waals surface area contributed by atoms with E-state index in [9.17, 15) is 0 Å². The van der Waals surface area contributed by atoms with Gasteiger partial charge in [0.2, 0.25) is 0 Å². The van der Waals surface area contributed by atoms with Crippen LogP contribution in [-0.2, 0) is 13.5 Å². The molecular formula is C13H16N4. The second-order valence-electron chi connectivity index (χ2n) is 4.37. The van der Waals surface area contributed by atoms with E-state index in [2.05, 4.69) is 33.7 Å². The van der Waals surface area contributed by atoms with Gasteiger partial charge < -0.3 is 5.01 Å². The normalized spacial score (nSPS) is 14.1. The van der Waals surface area contributed by atoms with Crippen LogP contribution >= 0.6 is 0 Å². The molecule has 2 aromatic rings. The van der Waals surface area contributed by atoms with Crippen molar-refractivity contribution in [1.29, 1.82) is 0 Å². The van der Waals surface area contributed by atoms with Gasteiger partial charge in [-0.1, -0.05) is 12.1 Å². The van der Waals surface area contributed by atoms with Crippen molar-refractivity contribution >= 4 is 5.69 Å². The molecule has 0 saturated heterocycles. The van der Waals surface area contributed by atoms with Crippen LogP contribution in [0.15, 0.2) is 30.6 Å². The van der Waals surface area contributed by atoms with Crippen LogP contribution in [0.25, 0.3) is 11.1 Å². The smallest absolute Gasteiger partial charge is 0.0568 e. The van der Waals surface area contributed by atoms with E-state index < -0.39 is 0 Å². The van der Waals surface area contributed by atoms with E-state index in [4.69, 9.17) is 0 Å². The second-order valence-corrected chi connectivity index (χ2v) is 4.37. The first-order valence-electron chi connectivity index (χ1n) is 5.85. The van der Waals surface area contributed by atoms with E-state index in [1.165, 1.54) is 22.4 Å². The van der Waals surface area contributed by atoms with E-state index >= 15 is 0 Å². The summed E-state index contributed by atoms with van der Waals surface area (Å²) in [6.07, 6.45) is 5.06. The van der Waals surface area contributed by atoms with Crippen LogP contribution in [0.5, 0.6) is 0 Å². The Morgan fingerprint density at radius 3 is 2.88 bits per heavy atom. The molecule has 1 aliphatic heterocycles. The summed E-state index contributed by atoms with van der Waals surface area (Å²) in [5.41, 5.74) is 8.30. The molecule has 1 aliphatic rings. The number of hydrogen-bond donors (Lipinski definition) is 1. The molecule has 0 saturated carbocycles. The molecule has 3 rings (SSSR count). The molecular weight excluding hydrogens is 212 g/mol. The lowest BCUT2D eigenvalue weighted by Gasteiger charge is -2.17. The SMILES string of the molecule is CNN1CCc2ccc(-c3cnn(C)c3)cc21. The topological polar surface area (TPSA) is 33.1 Å². The van der Waals surface area contributed by atoms with E-state index in [-0.39, 0.29) is 0 Å². The number of fused-ring (bicyclic) bond motifs is 1. The third kappa shape index (κ3) is 1.70. The first kappa shape index (κ1) is 10.4. The van der Waals surface area contributed by atoms with Crippen molar-refractivity contribution in [2.45, 2.75) is 6.42 Å². The minimum atomic E-state index is 1.04. The van der Waals surface area contributed by atoms with E-state index in [0.29, 0.717) is 0 Å². The number of nitrogens with zero attached hydrogens (tertiary/aromatic N) is 3. The lowest BCUT2D eigenvalue weighted by molar-refractivity contribution is 0.734. The Labute approximate surface area is 101 Å². The highest BCUT2D eigenvalue weighted by Gasteiger charge is 2.18. The van der Waals surface area contributed by atoms with Crippen LogP contribution in [0.2, 0.25) is 0 Å². The first-order chi connectivity index (χ1) is 8.28. The van der Waals surface area contributed by atoms with Gasteiger partial charge in [0.25, 0.3) is 0 Å². The van der Waals surface area contributed by atoms with Gasteiger partial charge in [-0.15, -0.1) is 0 Å². The minimum Gasteiger partial charge on any atom is -0.308 e. The molecule has 4 heteroatoms. The number of hydrogen-bond acceptors (Lipinski definition) is 3. The average Bonchev–Trinajstić information content (AvgIpc) is 2.94. The number of aryl methyl sites for hydroxylation is 1. The Balaban J connectivity index is 2.03. The minimum absolute atomic E-state index is 1.04. The number of benzene rings is 1. The number of hydrazine groups is 1. The quantitative estimate of drug-likeness (QED) is 0.847. The van der Waals surface area contributed by atoms with Gasteiger partial charge in [0.15, 0.2) is 0 Å². The van der Waals surface area contributed by atoms with Crippen molar-refractivity contribution in [2.24, 2.45) is 7.05 Å². The summed E-state index contributed by atoms with van der Waals surface area (Å²) in [6, 6.07) is 6.62. The molecule has 0 bridgehead atoms. The number of rotatable bonds is 2. The fourth-order valence-corrected chi connectivity index (χ4v) is 2.36. The van der Waals surface area contributed by atoms with Gasteiger partial charge in [0.05, 0.1) is 11.9 Å². The zero-order valence-corrected chi connectivity index (χ0v) is 10.1. The zero-order chi connectivity index (χ0) is 11.8. The fraction of sp³-hybridized carbons (Fsp3) is 0.308. The summed E-state index contributed by atoms with van der Waals surface area (Å²) in [7, 11) is 3.91. The van der Waals surface area contributed by atoms with Gasteiger partial charge in [-0.3, -0.25) is 4.68 Å². The van der Waals surface area contributed by atoms with Gasteiger partial charge in [-0.05, 0) is 23.6 Å². The molecule has 4 nitrogen and oxygen atoms in total. The molecule has 0 aliphatic carbocycles. The first-order valence-corrected chi connectivity index (χ1v) is 5.85. The van der Waals surface area contributed by atoms with Crippen LogP contribution in [0.4, 0.5) is 5.69 Å². The molecule has 88 valence electrons. The third-order valence-corrected chi connectivity index (χ3v) is 3.29. The maximum atomic E-state index is 4.21. The molecule has 17 heavy (non-hydrogen) atoms. The largest absolute Gasteiger partial charge is 0.308 e. The van der Waals surface area contributed by atoms with Crippen LogP contribution in [-0.4, -0.2) is 23.4 Å². The Bertz CT molecular complexity index is 544. The molecule has 0 radical (unpaired) electrons. The fourth-order valence-electron chi connectivity index (χ4n) is 2.36. The molecule has 1 aromatic heterocycles. The molecule has 0 amide bonds. The van der Waals surface area contributed by atoms with Gasteiger partial charge in [-0.25, -0.2) is 5.43 Å². The van der Waals surface area contributed by atoms with E-state index in [1.807, 2.05) is 31.2 Å². The van der Waals surface area contributed by atoms with Gasteiger partial charge in [0.1, 0.15) is 0 Å². The Hall–Kier alpha value is -1.81. The standard InChI is InChI=1S/C13H16N4/c1-14-17-6-5-10-3-4-11(7-13(10)17)12-8-15-16(2)9-12/h3-4,7-9,14H,5-6H2,1-2H3.